The zero-order chi connectivity index (χ0) is 20.7. The smallest absolute Gasteiger partial charge is 0.335 e. The van der Waals surface area contributed by atoms with E-state index in [1.807, 2.05) is 47.8 Å². The van der Waals surface area contributed by atoms with Gasteiger partial charge in [0, 0.05) is 18.2 Å². The number of aliphatic imine (C=N–C) groups is 1. The first-order valence-corrected chi connectivity index (χ1v) is 9.50. The molecule has 0 amide bonds. The first kappa shape index (κ1) is 24.6. The van der Waals surface area contributed by atoms with Gasteiger partial charge in [0.25, 0.3) is 0 Å². The Bertz CT molecular complexity index is 502. The molecule has 0 radical (unpaired) electrons. The van der Waals surface area contributed by atoms with Crippen molar-refractivity contribution in [3.05, 3.63) is 0 Å². The van der Waals surface area contributed by atoms with Gasteiger partial charge < -0.3 is 14.6 Å². The van der Waals surface area contributed by atoms with E-state index in [0.717, 1.165) is 0 Å². The Labute approximate surface area is 158 Å². The Morgan fingerprint density at radius 2 is 1.42 bits per heavy atom. The Hall–Kier alpha value is -1.43. The molecule has 0 heterocycles. The molecule has 152 valence electrons. The summed E-state index contributed by atoms with van der Waals surface area (Å²) in [4.78, 5) is 29.0. The van der Waals surface area contributed by atoms with Crippen molar-refractivity contribution in [1.29, 1.82) is 0 Å². The Morgan fingerprint density at radius 3 is 1.81 bits per heavy atom. The molecule has 0 aromatic carbocycles. The first-order chi connectivity index (χ1) is 11.8. The maximum Gasteiger partial charge on any atom is 0.335 e. The molecule has 0 aliphatic rings. The third kappa shape index (κ3) is 6.71. The summed E-state index contributed by atoms with van der Waals surface area (Å²) in [5.41, 5.74) is -1.75. The maximum atomic E-state index is 12.8. The van der Waals surface area contributed by atoms with E-state index in [1.54, 1.807) is 13.8 Å². The number of nitrogens with zero attached hydrogens (tertiary/aromatic N) is 1. The van der Waals surface area contributed by atoms with E-state index in [1.165, 1.54) is 6.92 Å². The van der Waals surface area contributed by atoms with Gasteiger partial charge in [0.05, 0.1) is 5.92 Å². The molecule has 0 saturated carbocycles. The van der Waals surface area contributed by atoms with Crippen LogP contribution in [0.1, 0.15) is 75.2 Å². The Morgan fingerprint density at radius 1 is 0.962 bits per heavy atom. The molecule has 0 aromatic rings. The molecular formula is C20H37NO5. The van der Waals surface area contributed by atoms with Crippen LogP contribution in [0, 0.1) is 11.8 Å². The van der Waals surface area contributed by atoms with E-state index in [-0.39, 0.29) is 12.0 Å². The summed E-state index contributed by atoms with van der Waals surface area (Å²) in [6.45, 7) is 16.3. The summed E-state index contributed by atoms with van der Waals surface area (Å²) >= 11 is 0. The molecule has 0 rings (SSSR count). The van der Waals surface area contributed by atoms with Gasteiger partial charge in [0.2, 0.25) is 0 Å². The van der Waals surface area contributed by atoms with Crippen LogP contribution in [0.2, 0.25) is 0 Å². The molecule has 0 aromatic heterocycles. The van der Waals surface area contributed by atoms with Gasteiger partial charge in [0.1, 0.15) is 17.3 Å². The number of hydrogen-bond donors (Lipinski definition) is 1. The van der Waals surface area contributed by atoms with Crippen molar-refractivity contribution in [3.63, 3.8) is 0 Å². The zero-order valence-electron chi connectivity index (χ0n) is 17.8. The summed E-state index contributed by atoms with van der Waals surface area (Å²) in [6.07, 6.45) is 1.65. The maximum absolute atomic E-state index is 12.8. The lowest BCUT2D eigenvalue weighted by Gasteiger charge is -2.38. The van der Waals surface area contributed by atoms with Gasteiger partial charge in [-0.2, -0.15) is 0 Å². The number of ether oxygens (including phenoxy) is 2. The molecule has 0 aliphatic carbocycles. The predicted molar refractivity (Wildman–Crippen MR) is 103 cm³/mol. The summed E-state index contributed by atoms with van der Waals surface area (Å²) in [7, 11) is 0. The molecule has 26 heavy (non-hydrogen) atoms. The summed E-state index contributed by atoms with van der Waals surface area (Å²) in [5, 5.41) is 9.40. The second-order valence-electron chi connectivity index (χ2n) is 7.75. The van der Waals surface area contributed by atoms with Crippen molar-refractivity contribution in [2.45, 2.75) is 98.5 Å². The first-order valence-electron chi connectivity index (χ1n) is 9.50. The highest BCUT2D eigenvalue weighted by atomic mass is 16.6. The second kappa shape index (κ2) is 10.0. The van der Waals surface area contributed by atoms with E-state index < -0.39 is 35.2 Å². The number of aliphatic hydroxyl groups is 1. The highest BCUT2D eigenvalue weighted by molar-refractivity contribution is 5.77. The van der Waals surface area contributed by atoms with Crippen LogP contribution in [-0.4, -0.2) is 46.6 Å². The summed E-state index contributed by atoms with van der Waals surface area (Å²) < 4.78 is 11.3. The standard InChI is InChI=1S/C20H37NO5/c1-10-19(8,14(5)12-21-13(3)4)25-17(23)15(6)20(9,11-2)26-18(24)16(7)22/h12-16,22H,10-11H2,1-9H3. The lowest BCUT2D eigenvalue weighted by atomic mass is 9.86. The largest absolute Gasteiger partial charge is 0.458 e. The van der Waals surface area contributed by atoms with Crippen LogP contribution in [-0.2, 0) is 19.1 Å². The quantitative estimate of drug-likeness (QED) is 0.469. The topological polar surface area (TPSA) is 85.2 Å². The van der Waals surface area contributed by atoms with Crippen molar-refractivity contribution >= 4 is 18.2 Å². The average Bonchev–Trinajstić information content (AvgIpc) is 2.57. The van der Waals surface area contributed by atoms with Crippen LogP contribution in [0.5, 0.6) is 0 Å². The molecule has 0 bridgehead atoms. The average molecular weight is 372 g/mol. The number of esters is 2. The molecule has 6 heteroatoms. The highest BCUT2D eigenvalue weighted by Gasteiger charge is 2.43. The SMILES string of the molecule is CCC(C)(OC(=O)C(C)C(C)(CC)OC(=O)C(C)O)C(C)C=NC(C)C. The second-order valence-corrected chi connectivity index (χ2v) is 7.75. The molecule has 6 nitrogen and oxygen atoms in total. The lowest BCUT2D eigenvalue weighted by molar-refractivity contribution is -0.187. The molecule has 5 unspecified atom stereocenters. The van der Waals surface area contributed by atoms with Crippen LogP contribution >= 0.6 is 0 Å². The van der Waals surface area contributed by atoms with Crippen LogP contribution < -0.4 is 0 Å². The molecular weight excluding hydrogens is 334 g/mol. The van der Waals surface area contributed by atoms with Crippen molar-refractivity contribution in [2.24, 2.45) is 16.8 Å². The van der Waals surface area contributed by atoms with Gasteiger partial charge in [-0.1, -0.05) is 20.8 Å². The minimum absolute atomic E-state index is 0.0565. The molecule has 1 N–H and O–H groups in total. The monoisotopic (exact) mass is 371 g/mol. The minimum Gasteiger partial charge on any atom is -0.458 e. The third-order valence-electron chi connectivity index (χ3n) is 5.25. The predicted octanol–water partition coefficient (Wildman–Crippen LogP) is 3.54. The number of carbonyl (C=O) groups excluding carboxylic acids is 2. The van der Waals surface area contributed by atoms with Gasteiger partial charge in [-0.15, -0.1) is 0 Å². The van der Waals surface area contributed by atoms with Crippen molar-refractivity contribution < 1.29 is 24.2 Å². The highest BCUT2D eigenvalue weighted by Crippen LogP contribution is 2.32. The number of hydrogen-bond acceptors (Lipinski definition) is 6. The van der Waals surface area contributed by atoms with Gasteiger partial charge in [-0.25, -0.2) is 4.79 Å². The minimum atomic E-state index is -1.24. The lowest BCUT2D eigenvalue weighted by Crippen LogP contribution is -2.47. The molecule has 0 spiro atoms. The zero-order valence-corrected chi connectivity index (χ0v) is 17.8. The van der Waals surface area contributed by atoms with E-state index in [0.29, 0.717) is 12.8 Å². The number of carbonyl (C=O) groups is 2. The Kier molecular flexibility index (Phi) is 9.49. The summed E-state index contributed by atoms with van der Waals surface area (Å²) in [6, 6.07) is 0.177. The van der Waals surface area contributed by atoms with E-state index in [2.05, 4.69) is 4.99 Å². The van der Waals surface area contributed by atoms with Crippen LogP contribution in [0.15, 0.2) is 4.99 Å². The fourth-order valence-corrected chi connectivity index (χ4v) is 2.30. The van der Waals surface area contributed by atoms with Gasteiger partial charge in [-0.05, 0) is 54.4 Å². The van der Waals surface area contributed by atoms with E-state index in [4.69, 9.17) is 9.47 Å². The third-order valence-corrected chi connectivity index (χ3v) is 5.25. The van der Waals surface area contributed by atoms with Gasteiger partial charge in [-0.3, -0.25) is 9.79 Å². The molecule has 5 atom stereocenters. The van der Waals surface area contributed by atoms with Gasteiger partial charge in [0.15, 0.2) is 0 Å². The van der Waals surface area contributed by atoms with Crippen LogP contribution in [0.4, 0.5) is 0 Å². The van der Waals surface area contributed by atoms with Crippen LogP contribution in [0.3, 0.4) is 0 Å². The molecule has 0 fully saturated rings. The fraction of sp³-hybridized carbons (Fsp3) is 0.850. The van der Waals surface area contributed by atoms with E-state index >= 15 is 0 Å². The van der Waals surface area contributed by atoms with Crippen molar-refractivity contribution in [2.75, 3.05) is 0 Å². The molecule has 0 saturated heterocycles. The summed E-state index contributed by atoms with van der Waals surface area (Å²) in [5.74, 6) is -1.90. The number of rotatable bonds is 10. The van der Waals surface area contributed by atoms with Crippen molar-refractivity contribution in [1.82, 2.24) is 0 Å². The molecule has 0 aliphatic heterocycles. The number of aliphatic hydroxyl groups excluding tert-OH is 1. The fourth-order valence-electron chi connectivity index (χ4n) is 2.30. The van der Waals surface area contributed by atoms with Crippen LogP contribution in [0.25, 0.3) is 0 Å². The normalized spacial score (nSPS) is 20.1. The Balaban J connectivity index is 5.32. The van der Waals surface area contributed by atoms with E-state index in [9.17, 15) is 14.7 Å². The van der Waals surface area contributed by atoms with Gasteiger partial charge >= 0.3 is 11.9 Å². The van der Waals surface area contributed by atoms with Crippen molar-refractivity contribution in [3.8, 4) is 0 Å².